The molecule has 0 saturated heterocycles. The van der Waals surface area contributed by atoms with Crippen LogP contribution in [0.25, 0.3) is 0 Å². The van der Waals surface area contributed by atoms with Crippen molar-refractivity contribution in [3.8, 4) is 5.75 Å². The fourth-order valence-corrected chi connectivity index (χ4v) is 3.62. The first-order valence-corrected chi connectivity index (χ1v) is 8.39. The van der Waals surface area contributed by atoms with E-state index in [0.717, 1.165) is 0 Å². The number of nitro benzene ring substituents is 1. The average molecular weight is 339 g/mol. The van der Waals surface area contributed by atoms with Crippen LogP contribution >= 0.6 is 0 Å². The fourth-order valence-electron chi connectivity index (χ4n) is 2.11. The van der Waals surface area contributed by atoms with Crippen LogP contribution in [0, 0.1) is 15.9 Å². The highest BCUT2D eigenvalue weighted by atomic mass is 32.2. The zero-order chi connectivity index (χ0) is 17.0. The number of methoxy groups -OCH3 is 1. The normalized spacial score (nSPS) is 11.2. The molecule has 0 unspecified atom stereocenters. The number of nitrogens with zero attached hydrogens (tertiary/aromatic N) is 1. The van der Waals surface area contributed by atoms with Crippen molar-refractivity contribution in [2.75, 3.05) is 7.11 Å². The average Bonchev–Trinajstić information content (AvgIpc) is 2.48. The van der Waals surface area contributed by atoms with E-state index >= 15 is 0 Å². The van der Waals surface area contributed by atoms with E-state index in [1.54, 1.807) is 0 Å². The number of sulfone groups is 1. The Morgan fingerprint density at radius 2 is 1.78 bits per heavy atom. The molecule has 122 valence electrons. The minimum atomic E-state index is -3.60. The first-order chi connectivity index (χ1) is 10.8. The Morgan fingerprint density at radius 1 is 1.13 bits per heavy atom. The molecule has 0 atom stereocenters. The van der Waals surface area contributed by atoms with Gasteiger partial charge in [0.25, 0.3) is 5.69 Å². The molecule has 0 aliphatic heterocycles. The zero-order valence-corrected chi connectivity index (χ0v) is 13.0. The third-order valence-corrected chi connectivity index (χ3v) is 4.67. The minimum absolute atomic E-state index is 0.210. The Hall–Kier alpha value is -2.48. The fraction of sp³-hybridized carbons (Fsp3) is 0.200. The molecule has 2 aromatic rings. The van der Waals surface area contributed by atoms with Crippen molar-refractivity contribution in [2.24, 2.45) is 0 Å². The molecule has 0 spiro atoms. The third-order valence-electron chi connectivity index (χ3n) is 3.15. The Labute approximate surface area is 132 Å². The quantitative estimate of drug-likeness (QED) is 0.596. The van der Waals surface area contributed by atoms with Crippen LogP contribution < -0.4 is 4.74 Å². The molecule has 0 aliphatic carbocycles. The van der Waals surface area contributed by atoms with E-state index in [2.05, 4.69) is 0 Å². The van der Waals surface area contributed by atoms with Gasteiger partial charge in [0.1, 0.15) is 11.6 Å². The van der Waals surface area contributed by atoms with E-state index in [4.69, 9.17) is 4.74 Å². The first kappa shape index (κ1) is 16.9. The van der Waals surface area contributed by atoms with Crippen molar-refractivity contribution in [3.63, 3.8) is 0 Å². The molecule has 0 N–H and O–H groups in total. The van der Waals surface area contributed by atoms with Gasteiger partial charge in [-0.05, 0) is 23.8 Å². The lowest BCUT2D eigenvalue weighted by Crippen LogP contribution is -2.09. The molecule has 2 aromatic carbocycles. The minimum Gasteiger partial charge on any atom is -0.496 e. The summed E-state index contributed by atoms with van der Waals surface area (Å²) < 4.78 is 42.5. The molecule has 0 amide bonds. The van der Waals surface area contributed by atoms with Crippen LogP contribution in [0.1, 0.15) is 11.1 Å². The molecule has 8 heteroatoms. The van der Waals surface area contributed by atoms with Crippen molar-refractivity contribution < 1.29 is 22.5 Å². The van der Waals surface area contributed by atoms with Crippen LogP contribution in [0.5, 0.6) is 5.75 Å². The van der Waals surface area contributed by atoms with E-state index in [1.807, 2.05) is 0 Å². The summed E-state index contributed by atoms with van der Waals surface area (Å²) in [5, 5.41) is 10.8. The largest absolute Gasteiger partial charge is 0.496 e. The standard InChI is InChI=1S/C15H14FNO5S/c1-22-15-7-6-14(17(18)19)8-12(15)10-23(20,21)9-11-2-4-13(16)5-3-11/h2-8H,9-10H2,1H3. The van der Waals surface area contributed by atoms with Crippen LogP contribution in [0.15, 0.2) is 42.5 Å². The highest BCUT2D eigenvalue weighted by Crippen LogP contribution is 2.26. The van der Waals surface area contributed by atoms with E-state index < -0.39 is 26.3 Å². The van der Waals surface area contributed by atoms with Gasteiger partial charge >= 0.3 is 0 Å². The maximum atomic E-state index is 12.9. The summed E-state index contributed by atoms with van der Waals surface area (Å²) in [5.41, 5.74) is 0.442. The summed E-state index contributed by atoms with van der Waals surface area (Å²) >= 11 is 0. The Morgan fingerprint density at radius 3 is 2.35 bits per heavy atom. The molecule has 0 heterocycles. The molecular weight excluding hydrogens is 325 g/mol. The summed E-state index contributed by atoms with van der Waals surface area (Å²) in [7, 11) is -2.24. The molecule has 0 saturated carbocycles. The number of rotatable bonds is 6. The summed E-state index contributed by atoms with van der Waals surface area (Å²) in [6, 6.07) is 8.92. The van der Waals surface area contributed by atoms with Crippen LogP contribution in [0.4, 0.5) is 10.1 Å². The van der Waals surface area contributed by atoms with Gasteiger partial charge in [0.05, 0.1) is 23.5 Å². The maximum Gasteiger partial charge on any atom is 0.270 e. The Kier molecular flexibility index (Phi) is 4.95. The number of nitro groups is 1. The molecular formula is C15H14FNO5S. The van der Waals surface area contributed by atoms with Crippen molar-refractivity contribution in [2.45, 2.75) is 11.5 Å². The Bertz CT molecular complexity index is 818. The third kappa shape index (κ3) is 4.49. The van der Waals surface area contributed by atoms with Gasteiger partial charge in [-0.15, -0.1) is 0 Å². The molecule has 6 nitrogen and oxygen atoms in total. The summed E-state index contributed by atoms with van der Waals surface area (Å²) in [6.07, 6.45) is 0. The highest BCUT2D eigenvalue weighted by Gasteiger charge is 2.19. The smallest absolute Gasteiger partial charge is 0.270 e. The lowest BCUT2D eigenvalue weighted by molar-refractivity contribution is -0.384. The SMILES string of the molecule is COc1ccc([N+](=O)[O-])cc1CS(=O)(=O)Cc1ccc(F)cc1. The number of non-ortho nitro benzene ring substituents is 1. The van der Waals surface area contributed by atoms with Gasteiger partial charge in [-0.3, -0.25) is 10.1 Å². The number of hydrogen-bond donors (Lipinski definition) is 0. The zero-order valence-electron chi connectivity index (χ0n) is 12.2. The van der Waals surface area contributed by atoms with Gasteiger partial charge in [-0.1, -0.05) is 12.1 Å². The van der Waals surface area contributed by atoms with Gasteiger partial charge in [0, 0.05) is 17.7 Å². The van der Waals surface area contributed by atoms with Crippen molar-refractivity contribution >= 4 is 15.5 Å². The first-order valence-electron chi connectivity index (χ1n) is 6.57. The number of benzene rings is 2. The van der Waals surface area contributed by atoms with Gasteiger partial charge in [0.2, 0.25) is 0 Å². The number of hydrogen-bond acceptors (Lipinski definition) is 5. The lowest BCUT2D eigenvalue weighted by atomic mass is 10.2. The lowest BCUT2D eigenvalue weighted by Gasteiger charge is -2.09. The highest BCUT2D eigenvalue weighted by molar-refractivity contribution is 7.89. The van der Waals surface area contributed by atoms with E-state index in [9.17, 15) is 22.9 Å². The van der Waals surface area contributed by atoms with Crippen molar-refractivity contribution in [3.05, 3.63) is 69.5 Å². The van der Waals surface area contributed by atoms with Gasteiger partial charge in [-0.2, -0.15) is 0 Å². The molecule has 0 fully saturated rings. The number of ether oxygens (including phenoxy) is 1. The molecule has 0 aromatic heterocycles. The second-order valence-electron chi connectivity index (χ2n) is 4.91. The van der Waals surface area contributed by atoms with Crippen molar-refractivity contribution in [1.82, 2.24) is 0 Å². The molecule has 0 aliphatic rings. The predicted octanol–water partition coefficient (Wildman–Crippen LogP) is 2.86. The molecule has 23 heavy (non-hydrogen) atoms. The molecule has 2 rings (SSSR count). The number of halogens is 1. The predicted molar refractivity (Wildman–Crippen MR) is 82.4 cm³/mol. The maximum absolute atomic E-state index is 12.9. The monoisotopic (exact) mass is 339 g/mol. The van der Waals surface area contributed by atoms with E-state index in [-0.39, 0.29) is 22.8 Å². The van der Waals surface area contributed by atoms with Crippen LogP contribution in [-0.2, 0) is 21.3 Å². The van der Waals surface area contributed by atoms with Crippen LogP contribution in [-0.4, -0.2) is 20.5 Å². The topological polar surface area (TPSA) is 86.5 Å². The van der Waals surface area contributed by atoms with Gasteiger partial charge in [-0.25, -0.2) is 12.8 Å². The summed E-state index contributed by atoms with van der Waals surface area (Å²) in [6.45, 7) is 0. The Balaban J connectivity index is 2.27. The molecule has 0 radical (unpaired) electrons. The van der Waals surface area contributed by atoms with Crippen LogP contribution in [0.2, 0.25) is 0 Å². The molecule has 0 bridgehead atoms. The van der Waals surface area contributed by atoms with Gasteiger partial charge in [0.15, 0.2) is 9.84 Å². The van der Waals surface area contributed by atoms with Gasteiger partial charge < -0.3 is 4.74 Å². The van der Waals surface area contributed by atoms with Crippen LogP contribution in [0.3, 0.4) is 0 Å². The van der Waals surface area contributed by atoms with Crippen molar-refractivity contribution in [1.29, 1.82) is 0 Å². The summed E-state index contributed by atoms with van der Waals surface area (Å²) in [4.78, 5) is 10.2. The second kappa shape index (κ2) is 6.74. The summed E-state index contributed by atoms with van der Waals surface area (Å²) in [5.74, 6) is -0.890. The van der Waals surface area contributed by atoms with E-state index in [1.165, 1.54) is 49.6 Å². The van der Waals surface area contributed by atoms with E-state index in [0.29, 0.717) is 5.56 Å². The second-order valence-corrected chi connectivity index (χ2v) is 6.98.